The number of pyridine rings is 1. The molecule has 0 saturated carbocycles. The fraction of sp³-hybridized carbons (Fsp3) is 0.533. The summed E-state index contributed by atoms with van der Waals surface area (Å²) >= 11 is 3.38. The van der Waals surface area contributed by atoms with Gasteiger partial charge in [-0.1, -0.05) is 18.5 Å². The molecule has 3 rings (SSSR count). The van der Waals surface area contributed by atoms with Crippen molar-refractivity contribution in [3.63, 3.8) is 0 Å². The van der Waals surface area contributed by atoms with Crippen molar-refractivity contribution in [2.24, 2.45) is 0 Å². The second kappa shape index (κ2) is 6.23. The van der Waals surface area contributed by atoms with Gasteiger partial charge in [0.25, 0.3) is 0 Å². The summed E-state index contributed by atoms with van der Waals surface area (Å²) < 4.78 is 6.53. The molecule has 21 heavy (non-hydrogen) atoms. The minimum Gasteiger partial charge on any atom is -0.338 e. The maximum Gasteiger partial charge on any atom is 0.234 e. The normalized spacial score (nSPS) is 22.4. The third-order valence-corrected chi connectivity index (χ3v) is 4.51. The summed E-state index contributed by atoms with van der Waals surface area (Å²) in [5.74, 6) is 1.31. The minimum absolute atomic E-state index is 0.0202. The van der Waals surface area contributed by atoms with Gasteiger partial charge in [0.2, 0.25) is 11.7 Å². The van der Waals surface area contributed by atoms with Crippen molar-refractivity contribution >= 4 is 15.9 Å². The van der Waals surface area contributed by atoms with Crippen molar-refractivity contribution in [3.05, 3.63) is 28.7 Å². The number of piperidine rings is 1. The lowest BCUT2D eigenvalue weighted by molar-refractivity contribution is 0.213. The number of aromatic nitrogens is 3. The van der Waals surface area contributed by atoms with Crippen molar-refractivity contribution in [2.75, 3.05) is 13.1 Å². The van der Waals surface area contributed by atoms with Crippen LogP contribution in [0.3, 0.4) is 0 Å². The number of hydrogen-bond donors (Lipinski definition) is 1. The molecule has 0 amide bonds. The molecule has 1 saturated heterocycles. The number of nitrogens with zero attached hydrogens (tertiary/aromatic N) is 3. The maximum absolute atomic E-state index is 5.59. The smallest absolute Gasteiger partial charge is 0.234 e. The highest BCUT2D eigenvalue weighted by molar-refractivity contribution is 9.10. The van der Waals surface area contributed by atoms with Crippen LogP contribution in [0.1, 0.15) is 38.5 Å². The lowest BCUT2D eigenvalue weighted by Gasteiger charge is -2.34. The predicted octanol–water partition coefficient (Wildman–Crippen LogP) is 3.32. The second-order valence-corrected chi connectivity index (χ2v) is 6.51. The van der Waals surface area contributed by atoms with E-state index in [4.69, 9.17) is 4.52 Å². The number of halogens is 1. The molecule has 5 nitrogen and oxygen atoms in total. The van der Waals surface area contributed by atoms with E-state index in [-0.39, 0.29) is 5.41 Å². The summed E-state index contributed by atoms with van der Waals surface area (Å²) in [5.41, 5.74) is 0.719. The van der Waals surface area contributed by atoms with Gasteiger partial charge in [0.05, 0.1) is 5.41 Å². The molecular weight excluding hydrogens is 332 g/mol. The fourth-order valence-corrected chi connectivity index (χ4v) is 3.23. The van der Waals surface area contributed by atoms with Crippen LogP contribution in [0.15, 0.2) is 27.3 Å². The number of nitrogens with one attached hydrogen (secondary N) is 1. The van der Waals surface area contributed by atoms with Crippen molar-refractivity contribution < 1.29 is 4.52 Å². The van der Waals surface area contributed by atoms with Gasteiger partial charge in [-0.25, -0.2) is 0 Å². The van der Waals surface area contributed by atoms with Crippen LogP contribution in [0.25, 0.3) is 11.5 Å². The van der Waals surface area contributed by atoms with Crippen LogP contribution in [-0.2, 0) is 5.41 Å². The van der Waals surface area contributed by atoms with Crippen molar-refractivity contribution in [3.8, 4) is 11.5 Å². The van der Waals surface area contributed by atoms with E-state index in [1.807, 2.05) is 12.1 Å². The molecule has 0 bridgehead atoms. The van der Waals surface area contributed by atoms with Gasteiger partial charge in [-0.05, 0) is 53.9 Å². The first kappa shape index (κ1) is 14.7. The van der Waals surface area contributed by atoms with Gasteiger partial charge in [-0.15, -0.1) is 0 Å². The van der Waals surface area contributed by atoms with Crippen LogP contribution in [0.4, 0.5) is 0 Å². The lowest BCUT2D eigenvalue weighted by atomic mass is 9.77. The Labute approximate surface area is 132 Å². The third kappa shape index (κ3) is 3.01. The SMILES string of the molecule is CCCC1(c2nc(-c3ccc(Br)cn3)no2)CCCNC1. The average molecular weight is 351 g/mol. The summed E-state index contributed by atoms with van der Waals surface area (Å²) in [7, 11) is 0. The van der Waals surface area contributed by atoms with E-state index in [0.29, 0.717) is 5.82 Å². The molecule has 112 valence electrons. The Balaban J connectivity index is 1.90. The summed E-state index contributed by atoms with van der Waals surface area (Å²) in [6, 6.07) is 3.83. The van der Waals surface area contributed by atoms with E-state index in [9.17, 15) is 0 Å². The highest BCUT2D eigenvalue weighted by Gasteiger charge is 2.38. The van der Waals surface area contributed by atoms with Crippen molar-refractivity contribution in [1.29, 1.82) is 0 Å². The third-order valence-electron chi connectivity index (χ3n) is 4.04. The molecule has 0 radical (unpaired) electrons. The van der Waals surface area contributed by atoms with E-state index >= 15 is 0 Å². The molecule has 0 spiro atoms. The topological polar surface area (TPSA) is 63.8 Å². The van der Waals surface area contributed by atoms with Gasteiger partial charge in [-0.3, -0.25) is 4.98 Å². The molecule has 3 heterocycles. The van der Waals surface area contributed by atoms with Crippen LogP contribution in [-0.4, -0.2) is 28.2 Å². The zero-order valence-corrected chi connectivity index (χ0v) is 13.7. The van der Waals surface area contributed by atoms with Gasteiger partial charge in [0, 0.05) is 17.2 Å². The molecule has 0 aromatic carbocycles. The predicted molar refractivity (Wildman–Crippen MR) is 83.9 cm³/mol. The second-order valence-electron chi connectivity index (χ2n) is 5.60. The van der Waals surface area contributed by atoms with Gasteiger partial charge < -0.3 is 9.84 Å². The van der Waals surface area contributed by atoms with Crippen molar-refractivity contribution in [2.45, 2.75) is 38.0 Å². The van der Waals surface area contributed by atoms with Gasteiger partial charge in [0.15, 0.2) is 0 Å². The summed E-state index contributed by atoms with van der Waals surface area (Å²) in [5, 5.41) is 7.59. The molecule has 1 fully saturated rings. The fourth-order valence-electron chi connectivity index (χ4n) is 3.00. The van der Waals surface area contributed by atoms with E-state index < -0.39 is 0 Å². The lowest BCUT2D eigenvalue weighted by Crippen LogP contribution is -2.43. The monoisotopic (exact) mass is 350 g/mol. The standard InChI is InChI=1S/C15H19BrN4O/c1-2-6-15(7-3-8-17-10-15)14-19-13(20-21-14)12-5-4-11(16)9-18-12/h4-5,9,17H,2-3,6-8,10H2,1H3. The molecular formula is C15H19BrN4O. The average Bonchev–Trinajstić information content (AvgIpc) is 3.00. The molecule has 1 aliphatic rings. The zero-order chi connectivity index (χ0) is 14.7. The molecule has 1 N–H and O–H groups in total. The maximum atomic E-state index is 5.59. The Kier molecular flexibility index (Phi) is 4.35. The first-order valence-corrected chi connectivity index (χ1v) is 8.20. The van der Waals surface area contributed by atoms with E-state index in [0.717, 1.165) is 54.8 Å². The zero-order valence-electron chi connectivity index (χ0n) is 12.1. The molecule has 1 aliphatic heterocycles. The van der Waals surface area contributed by atoms with E-state index in [1.54, 1.807) is 6.20 Å². The largest absolute Gasteiger partial charge is 0.338 e. The van der Waals surface area contributed by atoms with E-state index in [1.165, 1.54) is 0 Å². The van der Waals surface area contributed by atoms with Crippen molar-refractivity contribution in [1.82, 2.24) is 20.4 Å². The molecule has 1 atom stereocenters. The highest BCUT2D eigenvalue weighted by atomic mass is 79.9. The summed E-state index contributed by atoms with van der Waals surface area (Å²) in [4.78, 5) is 8.96. The molecule has 0 aliphatic carbocycles. The first-order chi connectivity index (χ1) is 10.2. The van der Waals surface area contributed by atoms with Gasteiger partial charge in [-0.2, -0.15) is 4.98 Å². The number of hydrogen-bond acceptors (Lipinski definition) is 5. The molecule has 1 unspecified atom stereocenters. The summed E-state index contributed by atoms with van der Waals surface area (Å²) in [6.07, 6.45) is 6.16. The Morgan fingerprint density at radius 3 is 3.00 bits per heavy atom. The number of rotatable bonds is 4. The molecule has 2 aromatic rings. The van der Waals surface area contributed by atoms with Gasteiger partial charge in [0.1, 0.15) is 5.69 Å². The van der Waals surface area contributed by atoms with Gasteiger partial charge >= 0.3 is 0 Å². The highest BCUT2D eigenvalue weighted by Crippen LogP contribution is 2.35. The quantitative estimate of drug-likeness (QED) is 0.916. The van der Waals surface area contributed by atoms with Crippen LogP contribution >= 0.6 is 15.9 Å². The van der Waals surface area contributed by atoms with Crippen LogP contribution < -0.4 is 5.32 Å². The minimum atomic E-state index is -0.0202. The molecule has 6 heteroatoms. The van der Waals surface area contributed by atoms with Crippen LogP contribution in [0, 0.1) is 0 Å². The Morgan fingerprint density at radius 1 is 1.43 bits per heavy atom. The Bertz CT molecular complexity index is 584. The van der Waals surface area contributed by atoms with Crippen LogP contribution in [0.2, 0.25) is 0 Å². The molecule has 2 aromatic heterocycles. The summed E-state index contributed by atoms with van der Waals surface area (Å²) in [6.45, 7) is 4.18. The Morgan fingerprint density at radius 2 is 2.33 bits per heavy atom. The Hall–Kier alpha value is -1.27. The van der Waals surface area contributed by atoms with E-state index in [2.05, 4.69) is 43.3 Å². The van der Waals surface area contributed by atoms with Crippen LogP contribution in [0.5, 0.6) is 0 Å². The first-order valence-electron chi connectivity index (χ1n) is 7.40.